The summed E-state index contributed by atoms with van der Waals surface area (Å²) in [6.07, 6.45) is 5.07. The van der Waals surface area contributed by atoms with Gasteiger partial charge in [-0.3, -0.25) is 9.97 Å². The molecule has 0 aliphatic carbocycles. The molecule has 3 nitrogen and oxygen atoms in total. The van der Waals surface area contributed by atoms with E-state index in [9.17, 15) is 4.39 Å². The van der Waals surface area contributed by atoms with Crippen molar-refractivity contribution < 1.29 is 4.39 Å². The van der Waals surface area contributed by atoms with Crippen molar-refractivity contribution in [3.8, 4) is 0 Å². The van der Waals surface area contributed by atoms with E-state index in [0.717, 1.165) is 16.5 Å². The highest BCUT2D eigenvalue weighted by atomic mass is 19.1. The second-order valence-electron chi connectivity index (χ2n) is 4.70. The highest BCUT2D eigenvalue weighted by Crippen LogP contribution is 2.23. The maximum atomic E-state index is 13.7. The zero-order chi connectivity index (χ0) is 13.9. The van der Waals surface area contributed by atoms with Crippen molar-refractivity contribution in [3.63, 3.8) is 0 Å². The van der Waals surface area contributed by atoms with Gasteiger partial charge >= 0.3 is 0 Å². The van der Waals surface area contributed by atoms with Crippen LogP contribution in [0.2, 0.25) is 0 Å². The molecular formula is C16H14FN3. The number of hydrogen-bond donors (Lipinski definition) is 1. The van der Waals surface area contributed by atoms with Gasteiger partial charge in [0.15, 0.2) is 0 Å². The quantitative estimate of drug-likeness (QED) is 0.793. The molecule has 2 heterocycles. The standard InChI is InChI=1S/C16H14FN3/c17-14-10-19-7-6-13(14)15(18)9-11-5-8-20-16-4-2-1-3-12(11)16/h1-8,10,15H,9,18H2. The van der Waals surface area contributed by atoms with E-state index in [1.165, 1.54) is 6.20 Å². The summed E-state index contributed by atoms with van der Waals surface area (Å²) in [5, 5.41) is 1.06. The Morgan fingerprint density at radius 2 is 1.95 bits per heavy atom. The van der Waals surface area contributed by atoms with E-state index in [1.807, 2.05) is 30.3 Å². The van der Waals surface area contributed by atoms with Crippen LogP contribution < -0.4 is 5.73 Å². The zero-order valence-electron chi connectivity index (χ0n) is 10.8. The van der Waals surface area contributed by atoms with Crippen LogP contribution in [0.1, 0.15) is 17.2 Å². The maximum absolute atomic E-state index is 13.7. The molecule has 3 rings (SSSR count). The van der Waals surface area contributed by atoms with Gasteiger partial charge in [0.1, 0.15) is 5.82 Å². The van der Waals surface area contributed by atoms with Crippen molar-refractivity contribution in [1.29, 1.82) is 0 Å². The Bertz CT molecular complexity index is 737. The molecule has 1 unspecified atom stereocenters. The molecule has 0 spiro atoms. The van der Waals surface area contributed by atoms with Crippen molar-refractivity contribution in [3.05, 3.63) is 71.9 Å². The summed E-state index contributed by atoms with van der Waals surface area (Å²) in [7, 11) is 0. The van der Waals surface area contributed by atoms with Crippen LogP contribution in [0.3, 0.4) is 0 Å². The van der Waals surface area contributed by atoms with Gasteiger partial charge in [-0.1, -0.05) is 18.2 Å². The van der Waals surface area contributed by atoms with Crippen LogP contribution >= 0.6 is 0 Å². The first kappa shape index (κ1) is 12.7. The summed E-state index contributed by atoms with van der Waals surface area (Å²) in [6.45, 7) is 0. The molecule has 0 bridgehead atoms. The summed E-state index contributed by atoms with van der Waals surface area (Å²) in [5.74, 6) is -0.363. The first-order valence-corrected chi connectivity index (χ1v) is 6.43. The van der Waals surface area contributed by atoms with Crippen LogP contribution in [0, 0.1) is 5.82 Å². The van der Waals surface area contributed by atoms with Crippen LogP contribution in [0.5, 0.6) is 0 Å². The van der Waals surface area contributed by atoms with Crippen molar-refractivity contribution in [1.82, 2.24) is 9.97 Å². The molecular weight excluding hydrogens is 253 g/mol. The summed E-state index contributed by atoms with van der Waals surface area (Å²) in [4.78, 5) is 8.06. The molecule has 3 aromatic rings. The minimum atomic E-state index is -0.399. The molecule has 0 fully saturated rings. The number of hydrogen-bond acceptors (Lipinski definition) is 3. The fourth-order valence-corrected chi connectivity index (χ4v) is 2.37. The lowest BCUT2D eigenvalue weighted by Crippen LogP contribution is -2.15. The van der Waals surface area contributed by atoms with Gasteiger partial charge in [-0.2, -0.15) is 0 Å². The molecule has 0 aliphatic rings. The van der Waals surface area contributed by atoms with Gasteiger partial charge < -0.3 is 5.73 Å². The van der Waals surface area contributed by atoms with Gasteiger partial charge in [0.25, 0.3) is 0 Å². The third kappa shape index (κ3) is 2.38. The number of halogens is 1. The minimum Gasteiger partial charge on any atom is -0.324 e. The lowest BCUT2D eigenvalue weighted by molar-refractivity contribution is 0.575. The van der Waals surface area contributed by atoms with Gasteiger partial charge in [0, 0.05) is 29.4 Å². The van der Waals surface area contributed by atoms with E-state index in [4.69, 9.17) is 5.73 Å². The number of rotatable bonds is 3. The number of para-hydroxylation sites is 1. The monoisotopic (exact) mass is 267 g/mol. The van der Waals surface area contributed by atoms with Crippen LogP contribution in [-0.2, 0) is 6.42 Å². The van der Waals surface area contributed by atoms with Crippen LogP contribution in [0.4, 0.5) is 4.39 Å². The van der Waals surface area contributed by atoms with Gasteiger partial charge in [0.2, 0.25) is 0 Å². The molecule has 1 atom stereocenters. The van der Waals surface area contributed by atoms with Gasteiger partial charge in [-0.05, 0) is 30.2 Å². The fourth-order valence-electron chi connectivity index (χ4n) is 2.37. The Kier molecular flexibility index (Phi) is 3.39. The van der Waals surface area contributed by atoms with Gasteiger partial charge in [-0.25, -0.2) is 4.39 Å². The molecule has 2 N–H and O–H groups in total. The number of nitrogens with two attached hydrogens (primary N) is 1. The third-order valence-corrected chi connectivity index (χ3v) is 3.38. The summed E-state index contributed by atoms with van der Waals surface area (Å²) in [6, 6.07) is 11.0. The molecule has 100 valence electrons. The molecule has 0 radical (unpaired) electrons. The Labute approximate surface area is 116 Å². The smallest absolute Gasteiger partial charge is 0.146 e. The molecule has 0 amide bonds. The third-order valence-electron chi connectivity index (χ3n) is 3.38. The largest absolute Gasteiger partial charge is 0.324 e. The average molecular weight is 267 g/mol. The summed E-state index contributed by atoms with van der Waals surface area (Å²) >= 11 is 0. The first-order chi connectivity index (χ1) is 9.75. The van der Waals surface area contributed by atoms with Crippen LogP contribution in [0.25, 0.3) is 10.9 Å². The molecule has 2 aromatic heterocycles. The summed E-state index contributed by atoms with van der Waals surface area (Å²) < 4.78 is 13.7. The topological polar surface area (TPSA) is 51.8 Å². The van der Waals surface area contributed by atoms with Crippen molar-refractivity contribution in [2.45, 2.75) is 12.5 Å². The predicted molar refractivity (Wildman–Crippen MR) is 76.6 cm³/mol. The maximum Gasteiger partial charge on any atom is 0.146 e. The molecule has 20 heavy (non-hydrogen) atoms. The number of pyridine rings is 2. The molecule has 0 saturated carbocycles. The second kappa shape index (κ2) is 5.35. The van der Waals surface area contributed by atoms with E-state index in [1.54, 1.807) is 18.5 Å². The van der Waals surface area contributed by atoms with Gasteiger partial charge in [-0.15, -0.1) is 0 Å². The Balaban J connectivity index is 1.96. The van der Waals surface area contributed by atoms with E-state index < -0.39 is 6.04 Å². The Morgan fingerprint density at radius 1 is 1.10 bits per heavy atom. The van der Waals surface area contributed by atoms with Crippen molar-refractivity contribution in [2.75, 3.05) is 0 Å². The zero-order valence-corrected chi connectivity index (χ0v) is 10.8. The van der Waals surface area contributed by atoms with E-state index >= 15 is 0 Å². The van der Waals surface area contributed by atoms with Gasteiger partial charge in [0.05, 0.1) is 11.7 Å². The summed E-state index contributed by atoms with van der Waals surface area (Å²) in [5.41, 5.74) is 8.61. The highest BCUT2D eigenvalue weighted by Gasteiger charge is 2.13. The Morgan fingerprint density at radius 3 is 2.80 bits per heavy atom. The highest BCUT2D eigenvalue weighted by molar-refractivity contribution is 5.81. The van der Waals surface area contributed by atoms with E-state index in [2.05, 4.69) is 9.97 Å². The normalized spacial score (nSPS) is 12.5. The first-order valence-electron chi connectivity index (χ1n) is 6.43. The molecule has 4 heteroatoms. The number of nitrogens with zero attached hydrogens (tertiary/aromatic N) is 2. The fraction of sp³-hybridized carbons (Fsp3) is 0.125. The van der Waals surface area contributed by atoms with Crippen molar-refractivity contribution in [2.24, 2.45) is 5.73 Å². The molecule has 1 aromatic carbocycles. The van der Waals surface area contributed by atoms with Crippen LogP contribution in [-0.4, -0.2) is 9.97 Å². The number of fused-ring (bicyclic) bond motifs is 1. The Hall–Kier alpha value is -2.33. The van der Waals surface area contributed by atoms with Crippen LogP contribution in [0.15, 0.2) is 55.0 Å². The molecule has 0 saturated heterocycles. The SMILES string of the molecule is NC(Cc1ccnc2ccccc12)c1ccncc1F. The van der Waals surface area contributed by atoms with Crippen molar-refractivity contribution >= 4 is 10.9 Å². The minimum absolute atomic E-state index is 0.363. The number of benzene rings is 1. The average Bonchev–Trinajstić information content (AvgIpc) is 2.48. The second-order valence-corrected chi connectivity index (χ2v) is 4.70. The van der Waals surface area contributed by atoms with E-state index in [0.29, 0.717) is 12.0 Å². The number of aromatic nitrogens is 2. The lowest BCUT2D eigenvalue weighted by Gasteiger charge is -2.14. The predicted octanol–water partition coefficient (Wildman–Crippen LogP) is 3.01. The van der Waals surface area contributed by atoms with E-state index in [-0.39, 0.29) is 5.82 Å². The molecule has 0 aliphatic heterocycles. The lowest BCUT2D eigenvalue weighted by atomic mass is 9.98.